The van der Waals surface area contributed by atoms with E-state index < -0.39 is 6.61 Å². The third kappa shape index (κ3) is 1.88. The van der Waals surface area contributed by atoms with Gasteiger partial charge in [-0.25, -0.2) is 0 Å². The first kappa shape index (κ1) is 7.88. The van der Waals surface area contributed by atoms with E-state index in [0.29, 0.717) is 12.8 Å². The summed E-state index contributed by atoms with van der Waals surface area (Å²) in [7, 11) is 0. The number of alkyl halides is 2. The van der Waals surface area contributed by atoms with Crippen LogP contribution in [0.5, 0.6) is 0 Å². The fraction of sp³-hybridized carbons (Fsp3) is 1.00. The van der Waals surface area contributed by atoms with Crippen molar-refractivity contribution in [2.75, 3.05) is 6.61 Å². The third-order valence-electron chi connectivity index (χ3n) is 1.75. The summed E-state index contributed by atoms with van der Waals surface area (Å²) in [5, 5.41) is 8.49. The van der Waals surface area contributed by atoms with Gasteiger partial charge in [-0.3, -0.25) is 0 Å². The molecule has 0 radical (unpaired) electrons. The van der Waals surface area contributed by atoms with Gasteiger partial charge in [-0.05, 0) is 18.8 Å². The summed E-state index contributed by atoms with van der Waals surface area (Å²) in [6.45, 7) is -2.58. The summed E-state index contributed by atoms with van der Waals surface area (Å²) < 4.78 is 27.1. The molecule has 1 N–H and O–H groups in total. The van der Waals surface area contributed by atoms with E-state index in [1.54, 1.807) is 0 Å². The highest BCUT2D eigenvalue weighted by Crippen LogP contribution is 2.30. The van der Waals surface area contributed by atoms with E-state index in [4.69, 9.17) is 5.11 Å². The zero-order chi connectivity index (χ0) is 7.56. The molecule has 0 unspecified atom stereocenters. The summed E-state index contributed by atoms with van der Waals surface area (Å²) in [5.74, 6) is 0.184. The summed E-state index contributed by atoms with van der Waals surface area (Å²) in [6, 6.07) is 0. The molecule has 0 aromatic heterocycles. The van der Waals surface area contributed by atoms with Gasteiger partial charge in [0.25, 0.3) is 0 Å². The fourth-order valence-electron chi connectivity index (χ4n) is 1.08. The molecule has 60 valence electrons. The number of rotatable bonds is 3. The Hall–Kier alpha value is -0.220. The highest BCUT2D eigenvalue weighted by atomic mass is 19.3. The number of hydrogen-bond donors (Lipinski definition) is 1. The van der Waals surface area contributed by atoms with Crippen LogP contribution < -0.4 is 0 Å². The Morgan fingerprint density at radius 3 is 2.50 bits per heavy atom. The molecule has 0 spiro atoms. The zero-order valence-corrected chi connectivity index (χ0v) is 5.46. The Morgan fingerprint density at radius 2 is 2.10 bits per heavy atom. The van der Waals surface area contributed by atoms with Gasteiger partial charge in [0, 0.05) is 6.61 Å². The van der Waals surface area contributed by atoms with Crippen LogP contribution in [-0.2, 0) is 4.74 Å². The first-order chi connectivity index (χ1) is 4.72. The topological polar surface area (TPSA) is 29.5 Å². The van der Waals surface area contributed by atoms with E-state index in [0.717, 1.165) is 0 Å². The largest absolute Gasteiger partial charge is 0.396 e. The van der Waals surface area contributed by atoms with Crippen LogP contribution in [0.3, 0.4) is 0 Å². The lowest BCUT2D eigenvalue weighted by Crippen LogP contribution is -2.34. The Kier molecular flexibility index (Phi) is 2.56. The molecular weight excluding hydrogens is 142 g/mol. The molecule has 0 aliphatic heterocycles. The van der Waals surface area contributed by atoms with E-state index in [-0.39, 0.29) is 18.6 Å². The lowest BCUT2D eigenvalue weighted by Gasteiger charge is -2.33. The van der Waals surface area contributed by atoms with E-state index in [2.05, 4.69) is 4.74 Å². The fourth-order valence-corrected chi connectivity index (χ4v) is 1.08. The maximum absolute atomic E-state index is 11.5. The zero-order valence-electron chi connectivity index (χ0n) is 5.46. The quantitative estimate of drug-likeness (QED) is 0.653. The van der Waals surface area contributed by atoms with Crippen molar-refractivity contribution in [3.63, 3.8) is 0 Å². The van der Waals surface area contributed by atoms with Crippen molar-refractivity contribution in [1.29, 1.82) is 0 Å². The predicted octanol–water partition coefficient (Wildman–Crippen LogP) is 0.996. The van der Waals surface area contributed by atoms with Gasteiger partial charge in [0.15, 0.2) is 0 Å². The molecule has 0 amide bonds. The number of hydrogen-bond acceptors (Lipinski definition) is 2. The van der Waals surface area contributed by atoms with E-state index in [1.807, 2.05) is 0 Å². The highest BCUT2D eigenvalue weighted by molar-refractivity contribution is 4.79. The van der Waals surface area contributed by atoms with Gasteiger partial charge in [-0.2, -0.15) is 8.78 Å². The summed E-state index contributed by atoms with van der Waals surface area (Å²) >= 11 is 0. The van der Waals surface area contributed by atoms with E-state index in [9.17, 15) is 8.78 Å². The highest BCUT2D eigenvalue weighted by Gasteiger charge is 2.31. The molecule has 0 bridgehead atoms. The van der Waals surface area contributed by atoms with Crippen molar-refractivity contribution in [1.82, 2.24) is 0 Å². The van der Waals surface area contributed by atoms with Gasteiger partial charge in [0.1, 0.15) is 0 Å². The van der Waals surface area contributed by atoms with Gasteiger partial charge in [0.05, 0.1) is 6.10 Å². The summed E-state index contributed by atoms with van der Waals surface area (Å²) in [6.07, 6.45) is 0.818. The van der Waals surface area contributed by atoms with Crippen molar-refractivity contribution in [2.24, 2.45) is 5.92 Å². The van der Waals surface area contributed by atoms with Crippen molar-refractivity contribution in [3.05, 3.63) is 0 Å². The average Bonchev–Trinajstić information content (AvgIpc) is 1.76. The molecule has 1 aliphatic rings. The molecule has 0 aromatic rings. The lowest BCUT2D eigenvalue weighted by molar-refractivity contribution is -0.193. The smallest absolute Gasteiger partial charge is 0.345 e. The second kappa shape index (κ2) is 3.25. The molecule has 2 nitrogen and oxygen atoms in total. The minimum absolute atomic E-state index is 0.0864. The lowest BCUT2D eigenvalue weighted by atomic mass is 9.83. The van der Waals surface area contributed by atoms with Crippen LogP contribution in [0.2, 0.25) is 0 Å². The maximum atomic E-state index is 11.5. The molecule has 10 heavy (non-hydrogen) atoms. The van der Waals surface area contributed by atoms with Crippen molar-refractivity contribution >= 4 is 0 Å². The van der Waals surface area contributed by atoms with E-state index >= 15 is 0 Å². The second-order valence-electron chi connectivity index (χ2n) is 2.54. The van der Waals surface area contributed by atoms with Crippen molar-refractivity contribution in [3.8, 4) is 0 Å². The van der Waals surface area contributed by atoms with Crippen LogP contribution in [0.15, 0.2) is 0 Å². The molecule has 1 fully saturated rings. The Labute approximate surface area is 57.8 Å². The molecule has 1 aliphatic carbocycles. The number of ether oxygens (including phenoxy) is 1. The summed E-state index contributed by atoms with van der Waals surface area (Å²) in [4.78, 5) is 0. The minimum Gasteiger partial charge on any atom is -0.396 e. The van der Waals surface area contributed by atoms with Crippen LogP contribution in [-0.4, -0.2) is 24.4 Å². The molecule has 0 atom stereocenters. The molecule has 0 heterocycles. The van der Waals surface area contributed by atoms with E-state index in [1.165, 1.54) is 0 Å². The van der Waals surface area contributed by atoms with Crippen LogP contribution in [0.1, 0.15) is 12.8 Å². The van der Waals surface area contributed by atoms with Gasteiger partial charge >= 0.3 is 6.61 Å². The first-order valence-corrected chi connectivity index (χ1v) is 3.27. The number of aliphatic hydroxyl groups excluding tert-OH is 1. The van der Waals surface area contributed by atoms with Crippen molar-refractivity contribution in [2.45, 2.75) is 25.6 Å². The normalized spacial score (nSPS) is 32.4. The average molecular weight is 152 g/mol. The van der Waals surface area contributed by atoms with Gasteiger partial charge in [-0.1, -0.05) is 0 Å². The maximum Gasteiger partial charge on any atom is 0.345 e. The van der Waals surface area contributed by atoms with Gasteiger partial charge in [0.2, 0.25) is 0 Å². The monoisotopic (exact) mass is 152 g/mol. The molecule has 0 saturated heterocycles. The molecule has 0 aromatic carbocycles. The van der Waals surface area contributed by atoms with Crippen LogP contribution in [0.4, 0.5) is 8.78 Å². The summed E-state index contributed by atoms with van der Waals surface area (Å²) in [5.41, 5.74) is 0. The SMILES string of the molecule is OCC1CC(OC(F)F)C1. The Morgan fingerprint density at radius 1 is 1.50 bits per heavy atom. The second-order valence-corrected chi connectivity index (χ2v) is 2.54. The Bertz CT molecular complexity index is 102. The third-order valence-corrected chi connectivity index (χ3v) is 1.75. The minimum atomic E-state index is -2.66. The van der Waals surface area contributed by atoms with Crippen LogP contribution in [0.25, 0.3) is 0 Å². The van der Waals surface area contributed by atoms with Crippen LogP contribution in [0, 0.1) is 5.92 Å². The number of halogens is 2. The Balaban J connectivity index is 2.03. The van der Waals surface area contributed by atoms with Gasteiger partial charge < -0.3 is 9.84 Å². The molecular formula is C6H10F2O2. The predicted molar refractivity (Wildman–Crippen MR) is 30.7 cm³/mol. The van der Waals surface area contributed by atoms with Crippen LogP contribution >= 0.6 is 0 Å². The first-order valence-electron chi connectivity index (χ1n) is 3.27. The standard InChI is InChI=1S/C6H10F2O2/c7-6(8)10-5-1-4(2-5)3-9/h4-6,9H,1-3H2. The molecule has 4 heteroatoms. The molecule has 1 saturated carbocycles. The van der Waals surface area contributed by atoms with Crippen molar-refractivity contribution < 1.29 is 18.6 Å². The number of aliphatic hydroxyl groups is 1. The molecule has 1 rings (SSSR count). The van der Waals surface area contributed by atoms with Gasteiger partial charge in [-0.15, -0.1) is 0 Å².